The van der Waals surface area contributed by atoms with Gasteiger partial charge in [-0.05, 0) is 36.2 Å². The van der Waals surface area contributed by atoms with Crippen LogP contribution in [0.2, 0.25) is 0 Å². The van der Waals surface area contributed by atoms with Crippen LogP contribution in [0.1, 0.15) is 5.56 Å². The number of rotatable bonds is 7. The summed E-state index contributed by atoms with van der Waals surface area (Å²) in [5.74, 6) is -1.09. The lowest BCUT2D eigenvalue weighted by Gasteiger charge is -2.07. The smallest absolute Gasteiger partial charge is 0.294 e. The molecule has 1 amide bonds. The molecule has 27 heavy (non-hydrogen) atoms. The third kappa shape index (κ3) is 5.91. The minimum Gasteiger partial charge on any atom is -0.389 e. The quantitative estimate of drug-likeness (QED) is 0.289. The lowest BCUT2D eigenvalue weighted by Crippen LogP contribution is -2.18. The number of benzene rings is 2. The van der Waals surface area contributed by atoms with Gasteiger partial charge in [0.2, 0.25) is 0 Å². The minimum absolute atomic E-state index is 0.0997. The Balaban J connectivity index is 1.98. The largest absolute Gasteiger partial charge is 0.389 e. The molecule has 0 atom stereocenters. The van der Waals surface area contributed by atoms with E-state index >= 15 is 0 Å². The molecule has 7 nitrogen and oxygen atoms in total. The molecule has 2 rings (SSSR count). The SMILES string of the molecule is N#C/C(=C/NCCc1ccccc1F)C(=O)Nc1cccc(S(=O)(=O)O)c1. The number of hydrogen-bond donors (Lipinski definition) is 3. The maximum atomic E-state index is 13.5. The summed E-state index contributed by atoms with van der Waals surface area (Å²) in [6, 6.07) is 13.0. The van der Waals surface area contributed by atoms with Crippen molar-refractivity contribution in [3.8, 4) is 6.07 Å². The predicted octanol–water partition coefficient (Wildman–Crippen LogP) is 2.25. The second kappa shape index (κ2) is 8.93. The highest BCUT2D eigenvalue weighted by Crippen LogP contribution is 2.15. The van der Waals surface area contributed by atoms with Crippen LogP contribution in [0.3, 0.4) is 0 Å². The van der Waals surface area contributed by atoms with Crippen LogP contribution >= 0.6 is 0 Å². The molecule has 0 unspecified atom stereocenters. The van der Waals surface area contributed by atoms with Gasteiger partial charge in [0.15, 0.2) is 0 Å². The Morgan fingerprint density at radius 3 is 2.63 bits per heavy atom. The highest BCUT2D eigenvalue weighted by atomic mass is 32.2. The molecular weight excluding hydrogens is 373 g/mol. The number of halogens is 1. The number of carbonyl (C=O) groups excluding carboxylic acids is 1. The molecule has 0 aliphatic carbocycles. The average molecular weight is 389 g/mol. The van der Waals surface area contributed by atoms with Crippen molar-refractivity contribution in [2.75, 3.05) is 11.9 Å². The number of nitrogens with one attached hydrogen (secondary N) is 2. The molecule has 3 N–H and O–H groups in total. The molecule has 0 heterocycles. The number of amides is 1. The monoisotopic (exact) mass is 389 g/mol. The molecule has 0 aliphatic rings. The lowest BCUT2D eigenvalue weighted by atomic mass is 10.1. The molecule has 0 radical (unpaired) electrons. The summed E-state index contributed by atoms with van der Waals surface area (Å²) < 4.78 is 44.8. The first-order valence-corrected chi connectivity index (χ1v) is 9.21. The van der Waals surface area contributed by atoms with Crippen LogP contribution in [0.15, 0.2) is 65.2 Å². The molecule has 0 saturated heterocycles. The highest BCUT2D eigenvalue weighted by molar-refractivity contribution is 7.85. The van der Waals surface area contributed by atoms with Gasteiger partial charge in [-0.1, -0.05) is 24.3 Å². The van der Waals surface area contributed by atoms with E-state index in [0.717, 1.165) is 12.1 Å². The van der Waals surface area contributed by atoms with Crippen molar-refractivity contribution in [1.29, 1.82) is 5.26 Å². The Labute approximate surface area is 155 Å². The molecular formula is C18H16FN3O4S. The number of carbonyl (C=O) groups is 1. The summed E-state index contributed by atoms with van der Waals surface area (Å²) in [5.41, 5.74) is 0.354. The van der Waals surface area contributed by atoms with Crippen LogP contribution < -0.4 is 10.6 Å². The van der Waals surface area contributed by atoms with Crippen LogP contribution in [0.4, 0.5) is 10.1 Å². The average Bonchev–Trinajstić information content (AvgIpc) is 2.62. The van der Waals surface area contributed by atoms with Gasteiger partial charge in [-0.15, -0.1) is 0 Å². The van der Waals surface area contributed by atoms with Crippen LogP contribution in [0.5, 0.6) is 0 Å². The van der Waals surface area contributed by atoms with Gasteiger partial charge in [0.25, 0.3) is 16.0 Å². The Bertz CT molecular complexity index is 1010. The predicted molar refractivity (Wildman–Crippen MR) is 96.7 cm³/mol. The first kappa shape index (κ1) is 20.1. The normalized spacial score (nSPS) is 11.5. The van der Waals surface area contributed by atoms with Crippen molar-refractivity contribution >= 4 is 21.7 Å². The van der Waals surface area contributed by atoms with Crippen LogP contribution in [0.25, 0.3) is 0 Å². The van der Waals surface area contributed by atoms with Gasteiger partial charge in [-0.2, -0.15) is 13.7 Å². The maximum absolute atomic E-state index is 13.5. The van der Waals surface area contributed by atoms with Gasteiger partial charge in [-0.25, -0.2) is 4.39 Å². The van der Waals surface area contributed by atoms with Gasteiger partial charge < -0.3 is 10.6 Å². The molecule has 2 aromatic rings. The second-order valence-electron chi connectivity index (χ2n) is 5.42. The standard InChI is InChI=1S/C18H16FN3O4S/c19-17-7-2-1-4-13(17)8-9-21-12-14(11-20)18(23)22-15-5-3-6-16(10-15)27(24,25)26/h1-7,10,12,21H,8-9H2,(H,22,23)(H,24,25,26)/b14-12-. The van der Waals surface area contributed by atoms with E-state index in [-0.39, 0.29) is 22.0 Å². The van der Waals surface area contributed by atoms with Crippen molar-refractivity contribution in [2.24, 2.45) is 0 Å². The van der Waals surface area contributed by atoms with Crippen molar-refractivity contribution in [1.82, 2.24) is 5.32 Å². The first-order valence-electron chi connectivity index (χ1n) is 7.77. The summed E-state index contributed by atoms with van der Waals surface area (Å²) in [4.78, 5) is 11.7. The van der Waals surface area contributed by atoms with Crippen LogP contribution in [0, 0.1) is 17.1 Å². The molecule has 0 aromatic heterocycles. The molecule has 0 aliphatic heterocycles. The van der Waals surface area contributed by atoms with E-state index in [4.69, 9.17) is 9.81 Å². The molecule has 140 valence electrons. The van der Waals surface area contributed by atoms with E-state index < -0.39 is 16.0 Å². The maximum Gasteiger partial charge on any atom is 0.294 e. The van der Waals surface area contributed by atoms with E-state index in [0.29, 0.717) is 18.5 Å². The van der Waals surface area contributed by atoms with Crippen LogP contribution in [-0.4, -0.2) is 25.4 Å². The Kier molecular flexibility index (Phi) is 6.65. The molecule has 9 heteroatoms. The van der Waals surface area contributed by atoms with E-state index in [2.05, 4.69) is 10.6 Å². The summed E-state index contributed by atoms with van der Waals surface area (Å²) >= 11 is 0. The van der Waals surface area contributed by atoms with E-state index in [1.54, 1.807) is 24.3 Å². The van der Waals surface area contributed by atoms with Gasteiger partial charge >= 0.3 is 0 Å². The van der Waals surface area contributed by atoms with Gasteiger partial charge in [0.1, 0.15) is 17.5 Å². The summed E-state index contributed by atoms with van der Waals surface area (Å²) in [5, 5.41) is 14.2. The molecule has 0 bridgehead atoms. The number of anilines is 1. The van der Waals surface area contributed by atoms with Gasteiger partial charge in [0.05, 0.1) is 4.90 Å². The zero-order chi connectivity index (χ0) is 19.9. The molecule has 2 aromatic carbocycles. The first-order chi connectivity index (χ1) is 12.8. The van der Waals surface area contributed by atoms with Crippen LogP contribution in [-0.2, 0) is 21.3 Å². The van der Waals surface area contributed by atoms with E-state index in [9.17, 15) is 17.6 Å². The summed E-state index contributed by atoms with van der Waals surface area (Å²) in [6.45, 7) is 0.303. The van der Waals surface area contributed by atoms with Gasteiger partial charge in [0, 0.05) is 18.4 Å². The summed E-state index contributed by atoms with van der Waals surface area (Å²) in [7, 11) is -4.41. The van der Waals surface area contributed by atoms with Crippen molar-refractivity contribution < 1.29 is 22.2 Å². The van der Waals surface area contributed by atoms with Gasteiger partial charge in [-0.3, -0.25) is 9.35 Å². The Morgan fingerprint density at radius 2 is 1.96 bits per heavy atom. The minimum atomic E-state index is -4.41. The number of hydrogen-bond acceptors (Lipinski definition) is 5. The fourth-order valence-corrected chi connectivity index (χ4v) is 2.69. The molecule has 0 spiro atoms. The third-order valence-electron chi connectivity index (χ3n) is 3.50. The van der Waals surface area contributed by atoms with E-state index in [1.807, 2.05) is 0 Å². The van der Waals surface area contributed by atoms with E-state index in [1.165, 1.54) is 24.4 Å². The molecule has 0 fully saturated rings. The van der Waals surface area contributed by atoms with Crippen molar-refractivity contribution in [3.05, 3.63) is 71.7 Å². The number of nitrogens with zero attached hydrogens (tertiary/aromatic N) is 1. The fourth-order valence-electron chi connectivity index (χ4n) is 2.16. The topological polar surface area (TPSA) is 119 Å². The zero-order valence-electron chi connectivity index (χ0n) is 14.0. The van der Waals surface area contributed by atoms with Crippen molar-refractivity contribution in [3.63, 3.8) is 0 Å². The Morgan fingerprint density at radius 1 is 1.22 bits per heavy atom. The number of nitriles is 1. The third-order valence-corrected chi connectivity index (χ3v) is 4.35. The zero-order valence-corrected chi connectivity index (χ0v) is 14.8. The Hall–Kier alpha value is -3.22. The second-order valence-corrected chi connectivity index (χ2v) is 6.84. The fraction of sp³-hybridized carbons (Fsp3) is 0.111. The lowest BCUT2D eigenvalue weighted by molar-refractivity contribution is -0.112. The molecule has 0 saturated carbocycles. The summed E-state index contributed by atoms with van der Waals surface area (Å²) in [6.07, 6.45) is 1.56. The highest BCUT2D eigenvalue weighted by Gasteiger charge is 2.13. The van der Waals surface area contributed by atoms with Crippen molar-refractivity contribution in [2.45, 2.75) is 11.3 Å².